The molecule has 0 fully saturated rings. The Bertz CT molecular complexity index is 3020. The summed E-state index contributed by atoms with van der Waals surface area (Å²) in [4.78, 5) is 10.7. The second-order valence-corrected chi connectivity index (χ2v) is 15.2. The van der Waals surface area contributed by atoms with Gasteiger partial charge in [0.1, 0.15) is 0 Å². The van der Waals surface area contributed by atoms with E-state index >= 15 is 0 Å². The highest BCUT2D eigenvalue weighted by Gasteiger charge is 2.49. The van der Waals surface area contributed by atoms with Gasteiger partial charge < -0.3 is 0 Å². The van der Waals surface area contributed by atoms with Crippen LogP contribution >= 0.6 is 0 Å². The largest absolute Gasteiger partial charge is 0.228 e. The van der Waals surface area contributed by atoms with Crippen molar-refractivity contribution < 1.29 is 0 Å². The first kappa shape index (κ1) is 31.2. The molecule has 3 aliphatic rings. The number of rotatable bonds is 3. The molecule has 9 aromatic rings. The standard InChI is InChI=1S/C54H34N2/c1-2-14-34(15-3-1)51-33-52(56-53(55-51)37-27-28-40-38(31-37)30-35-16-4-5-17-39(35)40)36-26-29-46-42-19-7-6-18-41(42)43-20-8-11-23-47(43)54(50(46)32-36)48-24-12-9-21-44(48)45-22-10-13-25-49(45)54/h1-29,31-33H,30H2. The van der Waals surface area contributed by atoms with E-state index in [-0.39, 0.29) is 0 Å². The van der Waals surface area contributed by atoms with E-state index in [1.165, 1.54) is 77.9 Å². The Morgan fingerprint density at radius 2 is 0.768 bits per heavy atom. The molecular formula is C54H34N2. The zero-order valence-electron chi connectivity index (χ0n) is 30.6. The minimum Gasteiger partial charge on any atom is -0.228 e. The minimum absolute atomic E-state index is 0.554. The highest BCUT2D eigenvalue weighted by Crippen LogP contribution is 2.61. The first-order chi connectivity index (χ1) is 27.8. The highest BCUT2D eigenvalue weighted by atomic mass is 14.9. The van der Waals surface area contributed by atoms with Crippen LogP contribution < -0.4 is 0 Å². The summed E-state index contributed by atoms with van der Waals surface area (Å²) >= 11 is 0. The number of hydrogen-bond donors (Lipinski definition) is 0. The lowest BCUT2D eigenvalue weighted by Crippen LogP contribution is -2.29. The van der Waals surface area contributed by atoms with E-state index in [2.05, 4.69) is 194 Å². The van der Waals surface area contributed by atoms with E-state index in [9.17, 15) is 0 Å². The molecule has 56 heavy (non-hydrogen) atoms. The van der Waals surface area contributed by atoms with Gasteiger partial charge in [-0.15, -0.1) is 0 Å². The molecular weight excluding hydrogens is 677 g/mol. The van der Waals surface area contributed by atoms with Crippen molar-refractivity contribution in [1.82, 2.24) is 9.97 Å². The van der Waals surface area contributed by atoms with Gasteiger partial charge in [0.05, 0.1) is 16.8 Å². The van der Waals surface area contributed by atoms with Crippen LogP contribution in [-0.4, -0.2) is 9.97 Å². The molecule has 0 radical (unpaired) electrons. The average Bonchev–Trinajstić information content (AvgIpc) is 3.76. The van der Waals surface area contributed by atoms with E-state index in [0.29, 0.717) is 0 Å². The van der Waals surface area contributed by atoms with Crippen LogP contribution in [0, 0.1) is 0 Å². The first-order valence-corrected chi connectivity index (χ1v) is 19.5. The zero-order chi connectivity index (χ0) is 36.8. The molecule has 0 saturated carbocycles. The summed E-state index contributed by atoms with van der Waals surface area (Å²) < 4.78 is 0. The number of benzene rings is 8. The van der Waals surface area contributed by atoms with Gasteiger partial charge in [-0.05, 0) is 103 Å². The van der Waals surface area contributed by atoms with E-state index in [1.54, 1.807) is 0 Å². The Morgan fingerprint density at radius 3 is 1.43 bits per heavy atom. The molecule has 0 atom stereocenters. The molecule has 1 heterocycles. The SMILES string of the molecule is c1ccc(-c2cc(-c3ccc4c(c3)C3(c5ccccc5-c5ccccc5-4)c4ccccc4-c4ccccc43)nc(-c3ccc4c(c3)Cc3ccccc3-4)n2)cc1. The van der Waals surface area contributed by atoms with E-state index < -0.39 is 5.41 Å². The lowest BCUT2D eigenvalue weighted by atomic mass is 9.65. The summed E-state index contributed by atoms with van der Waals surface area (Å²) in [6, 6.07) is 71.2. The molecule has 2 heteroatoms. The number of hydrogen-bond acceptors (Lipinski definition) is 2. The molecule has 3 aliphatic carbocycles. The fraction of sp³-hybridized carbons (Fsp3) is 0.0370. The maximum atomic E-state index is 5.43. The van der Waals surface area contributed by atoms with Crippen molar-refractivity contribution in [3.05, 3.63) is 228 Å². The van der Waals surface area contributed by atoms with Crippen molar-refractivity contribution in [2.24, 2.45) is 0 Å². The molecule has 1 aromatic heterocycles. The van der Waals surface area contributed by atoms with Gasteiger partial charge >= 0.3 is 0 Å². The Kier molecular flexibility index (Phi) is 6.64. The summed E-state index contributed by atoms with van der Waals surface area (Å²) in [5, 5.41) is 0. The maximum Gasteiger partial charge on any atom is 0.160 e. The Balaban J connectivity index is 1.13. The fourth-order valence-electron chi connectivity index (χ4n) is 9.97. The normalized spacial score (nSPS) is 13.4. The quantitative estimate of drug-likeness (QED) is 0.182. The molecule has 0 amide bonds. The highest BCUT2D eigenvalue weighted by molar-refractivity contribution is 5.98. The molecule has 1 spiro atoms. The van der Waals surface area contributed by atoms with E-state index in [4.69, 9.17) is 9.97 Å². The third-order valence-electron chi connectivity index (χ3n) is 12.4. The lowest BCUT2D eigenvalue weighted by molar-refractivity contribution is 0.775. The smallest absolute Gasteiger partial charge is 0.160 e. The van der Waals surface area contributed by atoms with Gasteiger partial charge in [0.2, 0.25) is 0 Å². The topological polar surface area (TPSA) is 25.8 Å². The summed E-state index contributed by atoms with van der Waals surface area (Å²) in [6.07, 6.45) is 0.920. The van der Waals surface area contributed by atoms with E-state index in [1.807, 2.05) is 0 Å². The van der Waals surface area contributed by atoms with Gasteiger partial charge in [-0.3, -0.25) is 0 Å². The van der Waals surface area contributed by atoms with Crippen LogP contribution in [0.1, 0.15) is 33.4 Å². The molecule has 0 unspecified atom stereocenters. The van der Waals surface area contributed by atoms with E-state index in [0.717, 1.165) is 40.3 Å². The Hall–Kier alpha value is -7.16. The van der Waals surface area contributed by atoms with Crippen LogP contribution in [0.3, 0.4) is 0 Å². The van der Waals surface area contributed by atoms with Gasteiger partial charge in [0.25, 0.3) is 0 Å². The van der Waals surface area contributed by atoms with Gasteiger partial charge in [0, 0.05) is 16.7 Å². The molecule has 0 saturated heterocycles. The summed E-state index contributed by atoms with van der Waals surface area (Å²) in [5.74, 6) is 0.733. The Morgan fingerprint density at radius 1 is 0.304 bits per heavy atom. The predicted octanol–water partition coefficient (Wildman–Crippen LogP) is 13.1. The third kappa shape index (κ3) is 4.38. The van der Waals surface area contributed by atoms with Gasteiger partial charge in [-0.25, -0.2) is 9.97 Å². The second kappa shape index (κ2) is 11.9. The minimum atomic E-state index is -0.554. The van der Waals surface area contributed by atoms with Crippen molar-refractivity contribution in [2.75, 3.05) is 0 Å². The number of nitrogens with zero attached hydrogens (tertiary/aromatic N) is 2. The zero-order valence-corrected chi connectivity index (χ0v) is 30.6. The van der Waals surface area contributed by atoms with Crippen molar-refractivity contribution in [2.45, 2.75) is 11.8 Å². The summed E-state index contributed by atoms with van der Waals surface area (Å²) in [6.45, 7) is 0. The predicted molar refractivity (Wildman–Crippen MR) is 228 cm³/mol. The van der Waals surface area contributed by atoms with Crippen molar-refractivity contribution in [1.29, 1.82) is 0 Å². The molecule has 2 nitrogen and oxygen atoms in total. The molecule has 8 aromatic carbocycles. The van der Waals surface area contributed by atoms with Crippen LogP contribution in [0.2, 0.25) is 0 Å². The van der Waals surface area contributed by atoms with Crippen LogP contribution in [-0.2, 0) is 11.8 Å². The molecule has 0 N–H and O–H groups in total. The van der Waals surface area contributed by atoms with Crippen LogP contribution in [0.5, 0.6) is 0 Å². The average molecular weight is 711 g/mol. The Labute approximate surface area is 326 Å². The van der Waals surface area contributed by atoms with Gasteiger partial charge in [-0.1, -0.05) is 176 Å². The molecule has 0 bridgehead atoms. The second-order valence-electron chi connectivity index (χ2n) is 15.2. The number of fused-ring (bicyclic) bond motifs is 15. The van der Waals surface area contributed by atoms with Crippen molar-refractivity contribution >= 4 is 0 Å². The van der Waals surface area contributed by atoms with Crippen molar-refractivity contribution in [3.8, 4) is 78.4 Å². The first-order valence-electron chi connectivity index (χ1n) is 19.5. The monoisotopic (exact) mass is 710 g/mol. The van der Waals surface area contributed by atoms with Gasteiger partial charge in [-0.2, -0.15) is 0 Å². The number of aromatic nitrogens is 2. The van der Waals surface area contributed by atoms with Gasteiger partial charge in [0.15, 0.2) is 5.82 Å². The molecule has 0 aliphatic heterocycles. The van der Waals surface area contributed by atoms with Crippen LogP contribution in [0.25, 0.3) is 78.4 Å². The molecule has 12 rings (SSSR count). The third-order valence-corrected chi connectivity index (χ3v) is 12.4. The maximum absolute atomic E-state index is 5.43. The summed E-state index contributed by atoms with van der Waals surface area (Å²) in [7, 11) is 0. The summed E-state index contributed by atoms with van der Waals surface area (Å²) in [5.41, 5.74) is 22.5. The van der Waals surface area contributed by atoms with Crippen molar-refractivity contribution in [3.63, 3.8) is 0 Å². The van der Waals surface area contributed by atoms with Crippen LogP contribution in [0.15, 0.2) is 194 Å². The molecule has 260 valence electrons. The lowest BCUT2D eigenvalue weighted by Gasteiger charge is -2.35. The fourth-order valence-corrected chi connectivity index (χ4v) is 9.97. The van der Waals surface area contributed by atoms with Crippen LogP contribution in [0.4, 0.5) is 0 Å².